The van der Waals surface area contributed by atoms with Crippen molar-refractivity contribution in [2.24, 2.45) is 23.2 Å². The van der Waals surface area contributed by atoms with Gasteiger partial charge in [0.25, 0.3) is 0 Å². The van der Waals surface area contributed by atoms with Gasteiger partial charge >= 0.3 is 0 Å². The molecule has 4 aliphatic carbocycles. The van der Waals surface area contributed by atoms with E-state index in [1.54, 1.807) is 12.1 Å². The summed E-state index contributed by atoms with van der Waals surface area (Å²) in [7, 11) is -3.51. The summed E-state index contributed by atoms with van der Waals surface area (Å²) in [5.41, 5.74) is 0.719. The summed E-state index contributed by atoms with van der Waals surface area (Å²) in [4.78, 5) is 11.6. The highest BCUT2D eigenvalue weighted by Crippen LogP contribution is 2.59. The van der Waals surface area contributed by atoms with Gasteiger partial charge in [0, 0.05) is 12.1 Å². The van der Waals surface area contributed by atoms with Crippen LogP contribution in [0.4, 0.5) is 0 Å². The van der Waals surface area contributed by atoms with Gasteiger partial charge in [0.15, 0.2) is 5.78 Å². The minimum atomic E-state index is -3.51. The summed E-state index contributed by atoms with van der Waals surface area (Å²) in [5.74, 6) is 2.39. The van der Waals surface area contributed by atoms with Gasteiger partial charge in [-0.05, 0) is 80.8 Å². The number of benzene rings is 1. The molecule has 0 unspecified atom stereocenters. The average molecular weight is 347 g/mol. The van der Waals surface area contributed by atoms with Gasteiger partial charge in [-0.15, -0.1) is 0 Å². The van der Waals surface area contributed by atoms with Crippen molar-refractivity contribution in [2.45, 2.75) is 50.3 Å². The first-order chi connectivity index (χ1) is 11.4. The van der Waals surface area contributed by atoms with Crippen LogP contribution < -0.4 is 4.72 Å². The zero-order valence-electron chi connectivity index (χ0n) is 14.1. The number of carbonyl (C=O) groups excluding carboxylic acids is 1. The fraction of sp³-hybridized carbons (Fsp3) is 0.632. The number of hydrogen-bond acceptors (Lipinski definition) is 3. The van der Waals surface area contributed by atoms with Crippen LogP contribution in [0.2, 0.25) is 0 Å². The fourth-order valence-electron chi connectivity index (χ4n) is 5.71. The summed E-state index contributed by atoms with van der Waals surface area (Å²) in [6.45, 7) is 2.04. The number of nitrogens with one attached hydrogen (secondary N) is 1. The molecule has 24 heavy (non-hydrogen) atoms. The standard InChI is InChI=1S/C19H25NO3S/c1-13(21)17-2-4-18(5-3-17)24(22,23)20-12-19-9-14-6-15(10-19)8-16(7-14)11-19/h2-5,14-16,20H,6-12H2,1H3. The molecule has 1 N–H and O–H groups in total. The first kappa shape index (κ1) is 16.3. The van der Waals surface area contributed by atoms with Crippen LogP contribution in [0.15, 0.2) is 29.2 Å². The zero-order valence-corrected chi connectivity index (χ0v) is 14.9. The number of Topliss-reactive ketones (excluding diaryl/α,β-unsaturated/α-hetero) is 1. The Bertz CT molecular complexity index is 716. The minimum Gasteiger partial charge on any atom is -0.295 e. The van der Waals surface area contributed by atoms with Crippen molar-refractivity contribution in [3.05, 3.63) is 29.8 Å². The lowest BCUT2D eigenvalue weighted by Crippen LogP contribution is -2.51. The number of ketones is 1. The van der Waals surface area contributed by atoms with E-state index in [-0.39, 0.29) is 16.1 Å². The average Bonchev–Trinajstić information content (AvgIpc) is 2.52. The van der Waals surface area contributed by atoms with Gasteiger partial charge in [0.05, 0.1) is 4.90 Å². The first-order valence-corrected chi connectivity index (χ1v) is 10.4. The summed E-state index contributed by atoms with van der Waals surface area (Å²) < 4.78 is 28.1. The number of sulfonamides is 1. The Morgan fingerprint density at radius 1 is 1.04 bits per heavy atom. The van der Waals surface area contributed by atoms with Gasteiger partial charge in [0.1, 0.15) is 0 Å². The second-order valence-corrected chi connectivity index (χ2v) is 10.1. The molecule has 5 heteroatoms. The van der Waals surface area contributed by atoms with E-state index in [4.69, 9.17) is 0 Å². The molecule has 0 aliphatic heterocycles. The molecule has 4 nitrogen and oxygen atoms in total. The van der Waals surface area contributed by atoms with Crippen LogP contribution >= 0.6 is 0 Å². The predicted molar refractivity (Wildman–Crippen MR) is 92.2 cm³/mol. The predicted octanol–water partition coefficient (Wildman–Crippen LogP) is 3.38. The van der Waals surface area contributed by atoms with Crippen LogP contribution in [0.3, 0.4) is 0 Å². The van der Waals surface area contributed by atoms with E-state index in [2.05, 4.69) is 4.72 Å². The monoisotopic (exact) mass is 347 g/mol. The van der Waals surface area contributed by atoms with E-state index in [0.29, 0.717) is 12.1 Å². The van der Waals surface area contributed by atoms with Gasteiger partial charge in [-0.2, -0.15) is 0 Å². The maximum atomic E-state index is 12.6. The smallest absolute Gasteiger partial charge is 0.240 e. The van der Waals surface area contributed by atoms with E-state index in [9.17, 15) is 13.2 Å². The largest absolute Gasteiger partial charge is 0.295 e. The molecule has 0 spiro atoms. The molecule has 1 aromatic carbocycles. The van der Waals surface area contributed by atoms with Crippen molar-refractivity contribution in [3.8, 4) is 0 Å². The van der Waals surface area contributed by atoms with Crippen LogP contribution in [0.1, 0.15) is 55.8 Å². The van der Waals surface area contributed by atoms with Crippen LogP contribution in [0, 0.1) is 23.2 Å². The Morgan fingerprint density at radius 3 is 2.00 bits per heavy atom. The molecule has 0 saturated heterocycles. The Hall–Kier alpha value is -1.20. The highest BCUT2D eigenvalue weighted by molar-refractivity contribution is 7.89. The lowest BCUT2D eigenvalue weighted by atomic mass is 9.50. The van der Waals surface area contributed by atoms with Gasteiger partial charge in [0.2, 0.25) is 10.0 Å². The topological polar surface area (TPSA) is 63.2 Å². The van der Waals surface area contributed by atoms with Crippen molar-refractivity contribution >= 4 is 15.8 Å². The van der Waals surface area contributed by atoms with Gasteiger partial charge < -0.3 is 0 Å². The third-order valence-corrected chi connectivity index (χ3v) is 7.79. The molecule has 4 bridgehead atoms. The Balaban J connectivity index is 1.47. The van der Waals surface area contributed by atoms with Crippen molar-refractivity contribution < 1.29 is 13.2 Å². The van der Waals surface area contributed by atoms with E-state index in [0.717, 1.165) is 17.8 Å². The Labute approximate surface area is 144 Å². The van der Waals surface area contributed by atoms with Crippen LogP contribution in [0.5, 0.6) is 0 Å². The third kappa shape index (κ3) is 2.93. The summed E-state index contributed by atoms with van der Waals surface area (Å²) in [6.07, 6.45) is 7.63. The minimum absolute atomic E-state index is 0.0551. The second kappa shape index (κ2) is 5.67. The molecule has 0 radical (unpaired) electrons. The first-order valence-electron chi connectivity index (χ1n) is 8.96. The lowest BCUT2D eigenvalue weighted by Gasteiger charge is -2.56. The van der Waals surface area contributed by atoms with Crippen LogP contribution in [-0.4, -0.2) is 20.7 Å². The maximum Gasteiger partial charge on any atom is 0.240 e. The molecule has 0 aromatic heterocycles. The molecule has 0 heterocycles. The molecular formula is C19H25NO3S. The van der Waals surface area contributed by atoms with E-state index < -0.39 is 10.0 Å². The quantitative estimate of drug-likeness (QED) is 0.831. The van der Waals surface area contributed by atoms with E-state index in [1.807, 2.05) is 0 Å². The highest BCUT2D eigenvalue weighted by Gasteiger charge is 2.50. The summed E-state index contributed by atoms with van der Waals surface area (Å²) in [5, 5.41) is 0. The lowest BCUT2D eigenvalue weighted by molar-refractivity contribution is -0.0487. The normalized spacial score (nSPS) is 34.5. The second-order valence-electron chi connectivity index (χ2n) is 8.32. The summed E-state index contributed by atoms with van der Waals surface area (Å²) >= 11 is 0. The van der Waals surface area contributed by atoms with Crippen molar-refractivity contribution in [3.63, 3.8) is 0 Å². The Kier molecular flexibility index (Phi) is 3.84. The molecule has 130 valence electrons. The molecule has 4 fully saturated rings. The van der Waals surface area contributed by atoms with E-state index in [1.165, 1.54) is 57.6 Å². The van der Waals surface area contributed by atoms with Gasteiger partial charge in [-0.1, -0.05) is 12.1 Å². The van der Waals surface area contributed by atoms with Gasteiger partial charge in [-0.25, -0.2) is 13.1 Å². The van der Waals surface area contributed by atoms with Crippen molar-refractivity contribution in [2.75, 3.05) is 6.54 Å². The molecule has 0 amide bonds. The van der Waals surface area contributed by atoms with Crippen LogP contribution in [-0.2, 0) is 10.0 Å². The van der Waals surface area contributed by atoms with E-state index >= 15 is 0 Å². The van der Waals surface area contributed by atoms with Gasteiger partial charge in [-0.3, -0.25) is 4.79 Å². The molecule has 4 aliphatic rings. The molecule has 0 atom stereocenters. The molecular weight excluding hydrogens is 322 g/mol. The van der Waals surface area contributed by atoms with Crippen molar-refractivity contribution in [1.82, 2.24) is 4.72 Å². The SMILES string of the molecule is CC(=O)c1ccc(S(=O)(=O)NCC23CC4CC(CC(C4)C2)C3)cc1. The molecule has 5 rings (SSSR count). The number of hydrogen-bond donors (Lipinski definition) is 1. The zero-order chi connectivity index (χ0) is 16.9. The van der Waals surface area contributed by atoms with Crippen LogP contribution in [0.25, 0.3) is 0 Å². The summed E-state index contributed by atoms with van der Waals surface area (Å²) in [6, 6.07) is 6.22. The Morgan fingerprint density at radius 2 is 1.54 bits per heavy atom. The number of carbonyl (C=O) groups is 1. The van der Waals surface area contributed by atoms with Crippen molar-refractivity contribution in [1.29, 1.82) is 0 Å². The third-order valence-electron chi connectivity index (χ3n) is 6.37. The maximum absolute atomic E-state index is 12.6. The fourth-order valence-corrected chi connectivity index (χ4v) is 6.86. The molecule has 4 saturated carbocycles. The number of rotatable bonds is 5. The highest BCUT2D eigenvalue weighted by atomic mass is 32.2. The molecule has 1 aromatic rings.